The van der Waals surface area contributed by atoms with Crippen LogP contribution in [0.25, 0.3) is 0 Å². The molecule has 8 heteroatoms. The third-order valence-corrected chi connectivity index (χ3v) is 5.36. The number of aliphatic imine (C=N–C) groups is 1. The van der Waals surface area contributed by atoms with Crippen LogP contribution in [-0.4, -0.2) is 42.2 Å². The number of hydrogen-bond acceptors (Lipinski definition) is 6. The van der Waals surface area contributed by atoms with Crippen molar-refractivity contribution in [2.75, 3.05) is 6.61 Å². The van der Waals surface area contributed by atoms with Crippen molar-refractivity contribution in [3.8, 4) is 0 Å². The molecule has 0 spiro atoms. The van der Waals surface area contributed by atoms with E-state index in [1.165, 1.54) is 11.8 Å². The summed E-state index contributed by atoms with van der Waals surface area (Å²) in [4.78, 5) is 16.3. The molecule has 1 aromatic rings. The van der Waals surface area contributed by atoms with Crippen LogP contribution in [0, 0.1) is 6.92 Å². The fourth-order valence-electron chi connectivity index (χ4n) is 2.79. The van der Waals surface area contributed by atoms with E-state index in [1.54, 1.807) is 12.1 Å². The number of hydrogen-bond donors (Lipinski definition) is 1. The van der Waals surface area contributed by atoms with E-state index in [4.69, 9.17) is 15.2 Å². The summed E-state index contributed by atoms with van der Waals surface area (Å²) in [5.74, 6) is -0.112. The number of benzene rings is 1. The highest BCUT2D eigenvalue weighted by Crippen LogP contribution is 2.36. The first-order chi connectivity index (χ1) is 12.8. The van der Waals surface area contributed by atoms with E-state index in [2.05, 4.69) is 11.6 Å². The number of aryl methyl sites for hydroxylation is 1. The summed E-state index contributed by atoms with van der Waals surface area (Å²) in [6.07, 6.45) is -2.31. The maximum Gasteiger partial charge on any atom is 0.277 e. The smallest absolute Gasteiger partial charge is 0.277 e. The number of allylic oxidation sites excluding steroid dienone is 2. The molecular weight excluding hydrogens is 374 g/mol. The number of nitrogens with zero attached hydrogens (tertiary/aromatic N) is 1. The zero-order chi connectivity index (χ0) is 19.6. The molecule has 0 aromatic heterocycles. The first-order valence-corrected chi connectivity index (χ1v) is 9.27. The van der Waals surface area contributed by atoms with Gasteiger partial charge in [-0.3, -0.25) is 4.79 Å². The second kappa shape index (κ2) is 8.33. The number of nitrogens with two attached hydrogens (primary N) is 1. The van der Waals surface area contributed by atoms with E-state index in [1.807, 2.05) is 19.1 Å². The molecule has 2 N–H and O–H groups in total. The molecule has 3 unspecified atom stereocenters. The Morgan fingerprint density at radius 3 is 2.78 bits per heavy atom. The first-order valence-electron chi connectivity index (χ1n) is 8.40. The van der Waals surface area contributed by atoms with Crippen molar-refractivity contribution < 1.29 is 23.0 Å². The van der Waals surface area contributed by atoms with Gasteiger partial charge in [0.15, 0.2) is 5.78 Å². The lowest BCUT2D eigenvalue weighted by Gasteiger charge is -2.25. The lowest BCUT2D eigenvalue weighted by atomic mass is 10.1. The number of carbonyl (C=O) groups excluding carboxylic acids is 1. The SMILES string of the molecule is C=C(N=C(/C=C(\N)C(F)F)c1ccc(C)cc1)SC1CC(=O)C2OCC1O2. The highest BCUT2D eigenvalue weighted by molar-refractivity contribution is 8.03. The van der Waals surface area contributed by atoms with Crippen molar-refractivity contribution in [3.63, 3.8) is 0 Å². The molecule has 1 aromatic carbocycles. The average molecular weight is 394 g/mol. The summed E-state index contributed by atoms with van der Waals surface area (Å²) >= 11 is 1.28. The monoisotopic (exact) mass is 394 g/mol. The summed E-state index contributed by atoms with van der Waals surface area (Å²) in [6.45, 7) is 6.17. The normalized spacial score (nSPS) is 25.9. The molecule has 2 saturated heterocycles. The predicted molar refractivity (Wildman–Crippen MR) is 101 cm³/mol. The third-order valence-electron chi connectivity index (χ3n) is 4.23. The fraction of sp³-hybridized carbons (Fsp3) is 0.368. The van der Waals surface area contributed by atoms with E-state index >= 15 is 0 Å². The van der Waals surface area contributed by atoms with Crippen LogP contribution >= 0.6 is 11.8 Å². The van der Waals surface area contributed by atoms with Gasteiger partial charge >= 0.3 is 0 Å². The summed E-state index contributed by atoms with van der Waals surface area (Å²) in [5, 5.41) is 0.207. The van der Waals surface area contributed by atoms with Gasteiger partial charge in [-0.2, -0.15) is 0 Å². The standard InChI is InChI=1S/C19H20F2N2O3S/c1-10-3-5-12(6-4-10)14(7-13(22)18(20)21)23-11(2)27-17-8-15(24)19-25-9-16(17)26-19/h3-7,16-19H,2,8-9,22H2,1H3/b13-7-,23-14?. The molecule has 144 valence electrons. The van der Waals surface area contributed by atoms with Crippen molar-refractivity contribution in [2.45, 2.75) is 37.4 Å². The largest absolute Gasteiger partial charge is 0.397 e. The van der Waals surface area contributed by atoms with Gasteiger partial charge in [0, 0.05) is 17.2 Å². The molecule has 2 aliphatic rings. The molecule has 3 rings (SSSR count). The van der Waals surface area contributed by atoms with Gasteiger partial charge in [0.25, 0.3) is 6.43 Å². The van der Waals surface area contributed by atoms with Crippen LogP contribution in [0.2, 0.25) is 0 Å². The Bertz CT molecular complexity index is 793. The molecular formula is C19H20F2N2O3S. The van der Waals surface area contributed by atoms with Gasteiger partial charge < -0.3 is 15.2 Å². The van der Waals surface area contributed by atoms with E-state index < -0.39 is 18.4 Å². The Morgan fingerprint density at radius 2 is 2.11 bits per heavy atom. The number of rotatable bonds is 6. The van der Waals surface area contributed by atoms with E-state index in [-0.39, 0.29) is 22.8 Å². The number of ketones is 1. The molecule has 2 aliphatic heterocycles. The number of halogens is 2. The van der Waals surface area contributed by atoms with E-state index in [9.17, 15) is 13.6 Å². The molecule has 2 heterocycles. The minimum absolute atomic E-state index is 0.112. The fourth-order valence-corrected chi connectivity index (χ4v) is 3.83. The van der Waals surface area contributed by atoms with Crippen molar-refractivity contribution >= 4 is 23.3 Å². The van der Waals surface area contributed by atoms with Crippen LogP contribution in [0.5, 0.6) is 0 Å². The molecule has 0 aliphatic carbocycles. The minimum Gasteiger partial charge on any atom is -0.397 e. The number of alkyl halides is 2. The number of thioether (sulfide) groups is 1. The van der Waals surface area contributed by atoms with Crippen molar-refractivity contribution in [1.82, 2.24) is 0 Å². The van der Waals surface area contributed by atoms with Crippen LogP contribution in [0.3, 0.4) is 0 Å². The van der Waals surface area contributed by atoms with Gasteiger partial charge in [0.2, 0.25) is 6.29 Å². The third kappa shape index (κ3) is 4.82. The minimum atomic E-state index is -2.78. The molecule has 27 heavy (non-hydrogen) atoms. The van der Waals surface area contributed by atoms with Crippen LogP contribution in [0.1, 0.15) is 17.5 Å². The topological polar surface area (TPSA) is 73.9 Å². The van der Waals surface area contributed by atoms with Gasteiger partial charge in [0.05, 0.1) is 29.1 Å². The van der Waals surface area contributed by atoms with E-state index in [0.717, 1.165) is 11.6 Å². The molecule has 0 amide bonds. The second-order valence-corrected chi connectivity index (χ2v) is 7.68. The van der Waals surface area contributed by atoms with Crippen molar-refractivity contribution in [2.24, 2.45) is 10.7 Å². The zero-order valence-corrected chi connectivity index (χ0v) is 15.5. The lowest BCUT2D eigenvalue weighted by Crippen LogP contribution is -2.37. The highest BCUT2D eigenvalue weighted by Gasteiger charge is 2.43. The maximum atomic E-state index is 12.9. The molecule has 5 nitrogen and oxygen atoms in total. The van der Waals surface area contributed by atoms with Crippen molar-refractivity contribution in [3.05, 3.63) is 58.8 Å². The van der Waals surface area contributed by atoms with Crippen LogP contribution in [0.15, 0.2) is 52.6 Å². The Hall–Kier alpha value is -2.03. The molecule has 2 fully saturated rings. The van der Waals surface area contributed by atoms with Crippen molar-refractivity contribution in [1.29, 1.82) is 0 Å². The van der Waals surface area contributed by atoms with Gasteiger partial charge in [-0.05, 0) is 13.0 Å². The Balaban J connectivity index is 1.81. The molecule has 2 bridgehead atoms. The lowest BCUT2D eigenvalue weighted by molar-refractivity contribution is -0.151. The summed E-state index contributed by atoms with van der Waals surface area (Å²) in [6, 6.07) is 7.28. The van der Waals surface area contributed by atoms with Crippen LogP contribution in [-0.2, 0) is 14.3 Å². The van der Waals surface area contributed by atoms with Gasteiger partial charge in [-0.15, -0.1) is 11.8 Å². The zero-order valence-electron chi connectivity index (χ0n) is 14.7. The van der Waals surface area contributed by atoms with Gasteiger partial charge in [0.1, 0.15) is 0 Å². The highest BCUT2D eigenvalue weighted by atomic mass is 32.2. The first kappa shape index (κ1) is 19.7. The summed E-state index contributed by atoms with van der Waals surface area (Å²) in [7, 11) is 0. The van der Waals surface area contributed by atoms with Crippen LogP contribution < -0.4 is 5.73 Å². The second-order valence-electron chi connectivity index (χ2n) is 6.37. The molecule has 0 saturated carbocycles. The number of Topliss-reactive ketones (excluding diaryl/α,β-unsaturated/α-hetero) is 1. The Labute approximate surface area is 160 Å². The van der Waals surface area contributed by atoms with Gasteiger partial charge in [-0.25, -0.2) is 13.8 Å². The van der Waals surface area contributed by atoms with E-state index in [0.29, 0.717) is 23.6 Å². The number of fused-ring (bicyclic) bond motifs is 2. The Kier molecular flexibility index (Phi) is 6.08. The summed E-state index contributed by atoms with van der Waals surface area (Å²) < 4.78 is 36.5. The number of carbonyl (C=O) groups is 1. The average Bonchev–Trinajstić information content (AvgIpc) is 3.06. The molecule has 3 atom stereocenters. The summed E-state index contributed by atoms with van der Waals surface area (Å²) in [5.41, 5.74) is 6.81. The quantitative estimate of drug-likeness (QED) is 0.750. The molecule has 0 radical (unpaired) electrons. The maximum absolute atomic E-state index is 12.9. The predicted octanol–water partition coefficient (Wildman–Crippen LogP) is 3.18. The van der Waals surface area contributed by atoms with Crippen LogP contribution in [0.4, 0.5) is 8.78 Å². The van der Waals surface area contributed by atoms with Gasteiger partial charge in [-0.1, -0.05) is 36.4 Å². The number of ether oxygens (including phenoxy) is 2. The Morgan fingerprint density at radius 1 is 1.41 bits per heavy atom.